The Hall–Kier alpha value is -1.99. The minimum absolute atomic E-state index is 0.00376. The van der Waals surface area contributed by atoms with Crippen molar-refractivity contribution in [2.75, 3.05) is 33.3 Å². The molecule has 1 unspecified atom stereocenters. The summed E-state index contributed by atoms with van der Waals surface area (Å²) in [5, 5.41) is 9.22. The summed E-state index contributed by atoms with van der Waals surface area (Å²) in [6.07, 6.45) is 2.12. The molecule has 0 aromatic heterocycles. The van der Waals surface area contributed by atoms with Gasteiger partial charge in [0.1, 0.15) is 0 Å². The lowest BCUT2D eigenvalue weighted by Gasteiger charge is -2.42. The number of rotatable bonds is 2. The third-order valence-corrected chi connectivity index (χ3v) is 5.71. The second kappa shape index (κ2) is 6.14. The highest BCUT2D eigenvalue weighted by Gasteiger charge is 2.52. The zero-order valence-corrected chi connectivity index (χ0v) is 14.2. The van der Waals surface area contributed by atoms with E-state index in [2.05, 4.69) is 0 Å². The number of ether oxygens (including phenoxy) is 1. The van der Waals surface area contributed by atoms with E-state index in [1.54, 1.807) is 0 Å². The SMILES string of the molecule is COC(=O)C1CCC(N2CC3(C)CN(C(=O)O)CCN3C2=O)CC1. The predicted molar refractivity (Wildman–Crippen MR) is 84.6 cm³/mol. The van der Waals surface area contributed by atoms with Crippen molar-refractivity contribution < 1.29 is 24.2 Å². The molecule has 2 heterocycles. The van der Waals surface area contributed by atoms with E-state index in [0.717, 1.165) is 25.7 Å². The van der Waals surface area contributed by atoms with Crippen molar-refractivity contribution in [2.24, 2.45) is 5.92 Å². The lowest BCUT2D eigenvalue weighted by Crippen LogP contribution is -2.60. The molecule has 1 aliphatic carbocycles. The van der Waals surface area contributed by atoms with Crippen molar-refractivity contribution in [2.45, 2.75) is 44.2 Å². The van der Waals surface area contributed by atoms with Crippen LogP contribution in [-0.2, 0) is 9.53 Å². The number of hydrogen-bond acceptors (Lipinski definition) is 4. The molecule has 2 saturated heterocycles. The van der Waals surface area contributed by atoms with Gasteiger partial charge in [-0.05, 0) is 32.6 Å². The third kappa shape index (κ3) is 2.78. The van der Waals surface area contributed by atoms with Crippen LogP contribution in [0.5, 0.6) is 0 Å². The summed E-state index contributed by atoms with van der Waals surface area (Å²) in [7, 11) is 1.41. The number of hydrogen-bond donors (Lipinski definition) is 1. The van der Waals surface area contributed by atoms with Gasteiger partial charge in [-0.25, -0.2) is 9.59 Å². The molecule has 3 aliphatic rings. The topological polar surface area (TPSA) is 90.4 Å². The number of fused-ring (bicyclic) bond motifs is 1. The van der Waals surface area contributed by atoms with Crippen LogP contribution in [0, 0.1) is 5.92 Å². The van der Waals surface area contributed by atoms with Gasteiger partial charge in [0.15, 0.2) is 0 Å². The molecule has 0 radical (unpaired) electrons. The Morgan fingerprint density at radius 1 is 1.17 bits per heavy atom. The van der Waals surface area contributed by atoms with Gasteiger partial charge in [-0.3, -0.25) is 4.79 Å². The first-order chi connectivity index (χ1) is 11.4. The Labute approximate surface area is 141 Å². The molecule has 0 spiro atoms. The average molecular weight is 339 g/mol. The minimum Gasteiger partial charge on any atom is -0.469 e. The Morgan fingerprint density at radius 2 is 1.83 bits per heavy atom. The molecule has 0 bridgehead atoms. The summed E-state index contributed by atoms with van der Waals surface area (Å²) in [6.45, 7) is 3.65. The largest absolute Gasteiger partial charge is 0.469 e. The lowest BCUT2D eigenvalue weighted by molar-refractivity contribution is -0.146. The number of methoxy groups -OCH3 is 1. The van der Waals surface area contributed by atoms with Crippen LogP contribution in [0.25, 0.3) is 0 Å². The molecule has 1 saturated carbocycles. The molecule has 8 heteroatoms. The smallest absolute Gasteiger partial charge is 0.407 e. The number of carbonyl (C=O) groups is 3. The van der Waals surface area contributed by atoms with Crippen LogP contribution in [0.4, 0.5) is 9.59 Å². The lowest BCUT2D eigenvalue weighted by atomic mass is 9.85. The van der Waals surface area contributed by atoms with Gasteiger partial charge in [0.25, 0.3) is 0 Å². The van der Waals surface area contributed by atoms with Crippen LogP contribution in [0.1, 0.15) is 32.6 Å². The van der Waals surface area contributed by atoms with Crippen molar-refractivity contribution in [3.8, 4) is 0 Å². The molecule has 3 amide bonds. The van der Waals surface area contributed by atoms with Gasteiger partial charge >= 0.3 is 18.1 Å². The molecular weight excluding hydrogens is 314 g/mol. The number of urea groups is 1. The fraction of sp³-hybridized carbons (Fsp3) is 0.812. The molecule has 0 aromatic rings. The monoisotopic (exact) mass is 339 g/mol. The summed E-state index contributed by atoms with van der Waals surface area (Å²) >= 11 is 0. The summed E-state index contributed by atoms with van der Waals surface area (Å²) in [6, 6.07) is 0.128. The van der Waals surface area contributed by atoms with E-state index in [1.165, 1.54) is 12.0 Å². The van der Waals surface area contributed by atoms with E-state index in [9.17, 15) is 19.5 Å². The summed E-state index contributed by atoms with van der Waals surface area (Å²) < 4.78 is 4.81. The highest BCUT2D eigenvalue weighted by Crippen LogP contribution is 2.36. The molecular formula is C16H25N3O5. The normalized spacial score (nSPS) is 33.4. The van der Waals surface area contributed by atoms with Crippen molar-refractivity contribution in [1.82, 2.24) is 14.7 Å². The van der Waals surface area contributed by atoms with Crippen LogP contribution >= 0.6 is 0 Å². The molecule has 134 valence electrons. The van der Waals surface area contributed by atoms with Crippen LogP contribution in [0.3, 0.4) is 0 Å². The first-order valence-corrected chi connectivity index (χ1v) is 8.49. The van der Waals surface area contributed by atoms with Gasteiger partial charge < -0.3 is 24.5 Å². The number of nitrogens with zero attached hydrogens (tertiary/aromatic N) is 3. The number of carboxylic acid groups (broad SMARTS) is 1. The molecule has 24 heavy (non-hydrogen) atoms. The van der Waals surface area contributed by atoms with Crippen LogP contribution in [-0.4, -0.2) is 82.8 Å². The second-order valence-electron chi connectivity index (χ2n) is 7.29. The summed E-state index contributed by atoms with van der Waals surface area (Å²) in [4.78, 5) is 40.8. The van der Waals surface area contributed by atoms with Crippen molar-refractivity contribution >= 4 is 18.1 Å². The number of piperazine rings is 1. The molecule has 1 atom stereocenters. The maximum atomic E-state index is 12.8. The van der Waals surface area contributed by atoms with Gasteiger partial charge in [0.2, 0.25) is 0 Å². The Kier molecular flexibility index (Phi) is 4.31. The average Bonchev–Trinajstić information content (AvgIpc) is 2.85. The van der Waals surface area contributed by atoms with Crippen LogP contribution in [0.15, 0.2) is 0 Å². The Bertz CT molecular complexity index is 546. The maximum Gasteiger partial charge on any atom is 0.407 e. The van der Waals surface area contributed by atoms with Crippen LogP contribution < -0.4 is 0 Å². The fourth-order valence-electron chi connectivity index (χ4n) is 4.36. The van der Waals surface area contributed by atoms with Crippen molar-refractivity contribution in [3.05, 3.63) is 0 Å². The highest BCUT2D eigenvalue weighted by molar-refractivity contribution is 5.79. The van der Waals surface area contributed by atoms with Gasteiger partial charge in [0, 0.05) is 32.2 Å². The number of esters is 1. The van der Waals surface area contributed by atoms with E-state index in [-0.39, 0.29) is 24.0 Å². The Morgan fingerprint density at radius 3 is 2.42 bits per heavy atom. The van der Waals surface area contributed by atoms with Crippen LogP contribution in [0.2, 0.25) is 0 Å². The van der Waals surface area contributed by atoms with E-state index < -0.39 is 11.6 Å². The number of carbonyl (C=O) groups excluding carboxylic acids is 2. The molecule has 1 N–H and O–H groups in total. The van der Waals surface area contributed by atoms with Gasteiger partial charge in [-0.1, -0.05) is 0 Å². The van der Waals surface area contributed by atoms with E-state index in [4.69, 9.17) is 4.74 Å². The van der Waals surface area contributed by atoms with E-state index in [1.807, 2.05) is 16.7 Å². The maximum absolute atomic E-state index is 12.8. The molecule has 3 fully saturated rings. The zero-order chi connectivity index (χ0) is 17.5. The van der Waals surface area contributed by atoms with E-state index in [0.29, 0.717) is 26.2 Å². The Balaban J connectivity index is 1.66. The summed E-state index contributed by atoms with van der Waals surface area (Å²) in [5.41, 5.74) is -0.465. The quantitative estimate of drug-likeness (QED) is 0.764. The summed E-state index contributed by atoms with van der Waals surface area (Å²) in [5.74, 6) is -0.229. The molecule has 3 rings (SSSR count). The molecule has 0 aromatic carbocycles. The first-order valence-electron chi connectivity index (χ1n) is 8.49. The highest BCUT2D eigenvalue weighted by atomic mass is 16.5. The fourth-order valence-corrected chi connectivity index (χ4v) is 4.36. The third-order valence-electron chi connectivity index (χ3n) is 5.71. The van der Waals surface area contributed by atoms with Gasteiger partial charge in [0.05, 0.1) is 18.6 Å². The zero-order valence-electron chi connectivity index (χ0n) is 14.2. The second-order valence-corrected chi connectivity index (χ2v) is 7.29. The number of amides is 3. The van der Waals surface area contributed by atoms with Crippen molar-refractivity contribution in [1.29, 1.82) is 0 Å². The van der Waals surface area contributed by atoms with Crippen molar-refractivity contribution in [3.63, 3.8) is 0 Å². The minimum atomic E-state index is -0.930. The van der Waals surface area contributed by atoms with Gasteiger partial charge in [-0.2, -0.15) is 0 Å². The van der Waals surface area contributed by atoms with E-state index >= 15 is 0 Å². The standard InChI is InChI=1S/C16H25N3O5/c1-16-9-17(15(22)23)7-8-19(16)14(21)18(10-16)12-5-3-11(4-6-12)13(20)24-2/h11-12H,3-10H2,1-2H3,(H,22,23). The van der Waals surface area contributed by atoms with Gasteiger partial charge in [-0.15, -0.1) is 0 Å². The molecule has 8 nitrogen and oxygen atoms in total. The molecule has 2 aliphatic heterocycles. The predicted octanol–water partition coefficient (Wildman–Crippen LogP) is 1.21. The first kappa shape index (κ1) is 16.9.